The Labute approximate surface area is 119 Å². The Morgan fingerprint density at radius 3 is 2.32 bits per heavy atom. The molecule has 0 saturated heterocycles. The molecule has 1 N–H and O–H groups in total. The second kappa shape index (κ2) is 6.09. The summed E-state index contributed by atoms with van der Waals surface area (Å²) >= 11 is -2.26. The molecule has 0 radical (unpaired) electrons. The van der Waals surface area contributed by atoms with Crippen molar-refractivity contribution in [1.29, 1.82) is 0 Å². The van der Waals surface area contributed by atoms with Crippen molar-refractivity contribution in [3.05, 3.63) is 29.6 Å². The van der Waals surface area contributed by atoms with E-state index in [1.165, 1.54) is 9.65 Å². The van der Waals surface area contributed by atoms with Gasteiger partial charge in [-0.25, -0.2) is 0 Å². The Kier molecular flexibility index (Phi) is 5.42. The molecule has 6 heteroatoms. The summed E-state index contributed by atoms with van der Waals surface area (Å²) in [5.74, 6) is -0.356. The average Bonchev–Trinajstić information content (AvgIpc) is 2.26. The number of hydrogen-bond acceptors (Lipinski definition) is 2. The summed E-state index contributed by atoms with van der Waals surface area (Å²) in [4.78, 5) is 6.72. The van der Waals surface area contributed by atoms with Crippen molar-refractivity contribution in [2.45, 2.75) is 40.5 Å². The quantitative estimate of drug-likeness (QED) is 0.779. The molecule has 0 aliphatic carbocycles. The second-order valence-electron chi connectivity index (χ2n) is 5.97. The van der Waals surface area contributed by atoms with Crippen LogP contribution in [0.5, 0.6) is 0 Å². The predicted octanol–water partition coefficient (Wildman–Crippen LogP) is 2.20. The summed E-state index contributed by atoms with van der Waals surface area (Å²) in [7, 11) is -3.36. The van der Waals surface area contributed by atoms with Gasteiger partial charge in [-0.1, -0.05) is 0 Å². The van der Waals surface area contributed by atoms with Crippen molar-refractivity contribution in [2.24, 2.45) is 0 Å². The summed E-state index contributed by atoms with van der Waals surface area (Å²) < 4.78 is 40.7. The first-order valence-corrected chi connectivity index (χ1v) is 17.8. The zero-order valence-electron chi connectivity index (χ0n) is 12.1. The zero-order valence-corrected chi connectivity index (χ0v) is 15.8. The van der Waals surface area contributed by atoms with Crippen LogP contribution in [0.3, 0.4) is 0 Å². The summed E-state index contributed by atoms with van der Waals surface area (Å²) in [5, 5.41) is -0.513. The summed E-state index contributed by atoms with van der Waals surface area (Å²) in [6.07, 6.45) is 0. The maximum absolute atomic E-state index is 13.7. The molecular weight excluding hydrogens is 372 g/mol. The van der Waals surface area contributed by atoms with Crippen LogP contribution in [0, 0.1) is 5.82 Å². The Morgan fingerprint density at radius 1 is 1.26 bits per heavy atom. The third kappa shape index (κ3) is 4.72. The van der Waals surface area contributed by atoms with Gasteiger partial charge in [0.1, 0.15) is 0 Å². The fraction of sp³-hybridized carbons (Fsp3) is 0.538. The standard InChI is InChI=1S/C10H13FNO2S.3CH3.Sn/c1-8(2)15(13,14)12-7-9-5-3-4-6-10(9)11;;;;/h4-6,8,12H,7H2,1-2H3;3*1H3;. The molecule has 108 valence electrons. The van der Waals surface area contributed by atoms with E-state index < -0.39 is 33.7 Å². The van der Waals surface area contributed by atoms with Crippen LogP contribution in [0.2, 0.25) is 14.8 Å². The van der Waals surface area contributed by atoms with E-state index in [2.05, 4.69) is 19.5 Å². The van der Waals surface area contributed by atoms with Crippen LogP contribution < -0.4 is 8.30 Å². The van der Waals surface area contributed by atoms with Gasteiger partial charge in [0.25, 0.3) is 0 Å². The van der Waals surface area contributed by atoms with Crippen molar-refractivity contribution >= 4 is 32.0 Å². The molecule has 0 aliphatic rings. The Bertz CT molecular complexity index is 550. The Balaban J connectivity index is 2.96. The monoisotopic (exact) mass is 395 g/mol. The summed E-state index contributed by atoms with van der Waals surface area (Å²) in [6.45, 7) is 3.21. The predicted molar refractivity (Wildman–Crippen MR) is 80.3 cm³/mol. The molecule has 0 unspecified atom stereocenters. The van der Waals surface area contributed by atoms with Gasteiger partial charge in [0.15, 0.2) is 0 Å². The molecule has 0 atom stereocenters. The second-order valence-corrected chi connectivity index (χ2v) is 22.8. The molecule has 0 heterocycles. The van der Waals surface area contributed by atoms with Gasteiger partial charge in [-0.15, -0.1) is 0 Å². The van der Waals surface area contributed by atoms with E-state index in [0.29, 0.717) is 5.56 Å². The third-order valence-corrected chi connectivity index (χ3v) is 10.6. The first kappa shape index (κ1) is 16.9. The van der Waals surface area contributed by atoms with Crippen molar-refractivity contribution in [2.75, 3.05) is 0 Å². The van der Waals surface area contributed by atoms with E-state index in [-0.39, 0.29) is 12.4 Å². The van der Waals surface area contributed by atoms with E-state index in [1.807, 2.05) is 12.1 Å². The minimum absolute atomic E-state index is 0.0160. The third-order valence-electron chi connectivity index (χ3n) is 3.00. The van der Waals surface area contributed by atoms with Crippen LogP contribution >= 0.6 is 0 Å². The van der Waals surface area contributed by atoms with Crippen LogP contribution in [0.1, 0.15) is 19.4 Å². The molecule has 0 spiro atoms. The molecule has 1 aromatic carbocycles. The molecule has 0 aromatic heterocycles. The van der Waals surface area contributed by atoms with E-state index in [9.17, 15) is 12.8 Å². The number of sulfonamides is 1. The minimum atomic E-state index is -3.36. The summed E-state index contributed by atoms with van der Waals surface area (Å²) in [5.41, 5.74) is 0.424. The molecule has 3 nitrogen and oxygen atoms in total. The van der Waals surface area contributed by atoms with Gasteiger partial charge in [-0.2, -0.15) is 0 Å². The maximum atomic E-state index is 13.7. The van der Waals surface area contributed by atoms with Gasteiger partial charge in [0.05, 0.1) is 0 Å². The first-order chi connectivity index (χ1) is 8.54. The molecule has 0 amide bonds. The van der Waals surface area contributed by atoms with Crippen molar-refractivity contribution in [3.8, 4) is 0 Å². The molecule has 0 aliphatic heterocycles. The van der Waals surface area contributed by atoms with Crippen molar-refractivity contribution < 1.29 is 12.8 Å². The van der Waals surface area contributed by atoms with Crippen molar-refractivity contribution in [3.63, 3.8) is 0 Å². The van der Waals surface area contributed by atoms with E-state index in [0.717, 1.165) is 0 Å². The molecule has 0 bridgehead atoms. The molecule has 1 rings (SSSR count). The fourth-order valence-corrected chi connectivity index (χ4v) is 5.61. The van der Waals surface area contributed by atoms with Crippen LogP contribution in [-0.4, -0.2) is 32.0 Å². The van der Waals surface area contributed by atoms with Crippen molar-refractivity contribution in [1.82, 2.24) is 4.72 Å². The van der Waals surface area contributed by atoms with Gasteiger partial charge < -0.3 is 0 Å². The van der Waals surface area contributed by atoms with Gasteiger partial charge >= 0.3 is 120 Å². The van der Waals surface area contributed by atoms with Crippen LogP contribution in [-0.2, 0) is 16.6 Å². The van der Waals surface area contributed by atoms with Crippen LogP contribution in [0.4, 0.5) is 4.39 Å². The molecule has 1 aromatic rings. The molecular formula is C13H22FNO2SSn. The molecule has 19 heavy (non-hydrogen) atoms. The van der Waals surface area contributed by atoms with Gasteiger partial charge in [-0.3, -0.25) is 0 Å². The van der Waals surface area contributed by atoms with Crippen LogP contribution in [0.25, 0.3) is 0 Å². The van der Waals surface area contributed by atoms with Gasteiger partial charge in [0, 0.05) is 0 Å². The van der Waals surface area contributed by atoms with Gasteiger partial charge in [-0.05, 0) is 0 Å². The van der Waals surface area contributed by atoms with E-state index in [4.69, 9.17) is 0 Å². The molecule has 0 saturated carbocycles. The van der Waals surface area contributed by atoms with Gasteiger partial charge in [0.2, 0.25) is 0 Å². The Morgan fingerprint density at radius 2 is 1.84 bits per heavy atom. The first-order valence-electron chi connectivity index (χ1n) is 6.31. The zero-order chi connectivity index (χ0) is 14.8. The average molecular weight is 394 g/mol. The number of halogens is 1. The number of hydrogen-bond donors (Lipinski definition) is 1. The van der Waals surface area contributed by atoms with E-state index in [1.54, 1.807) is 13.8 Å². The molecule has 0 fully saturated rings. The normalized spacial score (nSPS) is 13.0. The number of rotatable bonds is 5. The Hall–Kier alpha value is -0.141. The number of benzene rings is 1. The SMILES string of the molecule is CC(C)S(=O)(=O)NCc1c[c]([Sn]([CH3])([CH3])[CH3])ccc1F. The van der Waals surface area contributed by atoms with E-state index >= 15 is 0 Å². The topological polar surface area (TPSA) is 46.2 Å². The fourth-order valence-electron chi connectivity index (χ4n) is 1.52. The summed E-state index contributed by atoms with van der Waals surface area (Å²) in [6, 6.07) is 5.08. The van der Waals surface area contributed by atoms with Crippen LogP contribution in [0.15, 0.2) is 18.2 Å². The number of nitrogens with one attached hydrogen (secondary N) is 1.